The van der Waals surface area contributed by atoms with Crippen LogP contribution in [0.3, 0.4) is 0 Å². The van der Waals surface area contributed by atoms with Gasteiger partial charge in [-0.1, -0.05) is 31.6 Å². The van der Waals surface area contributed by atoms with Crippen LogP contribution in [-0.2, 0) is 0 Å². The second-order valence-corrected chi connectivity index (χ2v) is 5.70. The smallest absolute Gasteiger partial charge is 0.269 e. The number of hydrogen-bond donors (Lipinski definition) is 0. The number of halogens is 1. The van der Waals surface area contributed by atoms with Gasteiger partial charge in [-0.15, -0.1) is 11.6 Å². The summed E-state index contributed by atoms with van der Waals surface area (Å²) in [5, 5.41) is 10.7. The maximum absolute atomic E-state index is 10.7. The van der Waals surface area contributed by atoms with Gasteiger partial charge >= 0.3 is 0 Å². The summed E-state index contributed by atoms with van der Waals surface area (Å²) in [6, 6.07) is 6.15. The van der Waals surface area contributed by atoms with Crippen molar-refractivity contribution in [3.05, 3.63) is 34.4 Å². The van der Waals surface area contributed by atoms with E-state index in [4.69, 9.17) is 16.3 Å². The first-order valence-corrected chi connectivity index (χ1v) is 8.66. The maximum atomic E-state index is 10.7. The van der Waals surface area contributed by atoms with E-state index in [0.717, 1.165) is 44.9 Å². The summed E-state index contributed by atoms with van der Waals surface area (Å²) in [5.41, 5.74) is 0.0621. The predicted octanol–water partition coefficient (Wildman–Crippen LogP) is 5.34. The van der Waals surface area contributed by atoms with Crippen LogP contribution in [-0.4, -0.2) is 16.9 Å². The summed E-state index contributed by atoms with van der Waals surface area (Å²) in [6.45, 7) is 2.16. The van der Waals surface area contributed by atoms with Gasteiger partial charge in [0.1, 0.15) is 5.75 Å². The molecule has 0 amide bonds. The van der Waals surface area contributed by atoms with Crippen LogP contribution in [0.15, 0.2) is 24.3 Å². The van der Waals surface area contributed by atoms with Crippen molar-refractivity contribution >= 4 is 17.3 Å². The Morgan fingerprint density at radius 3 is 2.57 bits per heavy atom. The lowest BCUT2D eigenvalue weighted by Gasteiger charge is -2.13. The number of benzene rings is 1. The van der Waals surface area contributed by atoms with Gasteiger partial charge in [0, 0.05) is 24.4 Å². The molecule has 1 atom stereocenters. The third-order valence-electron chi connectivity index (χ3n) is 3.34. The van der Waals surface area contributed by atoms with Gasteiger partial charge in [-0.05, 0) is 37.8 Å². The fourth-order valence-corrected chi connectivity index (χ4v) is 2.23. The first-order chi connectivity index (χ1) is 11.2. The van der Waals surface area contributed by atoms with Crippen LogP contribution in [0.4, 0.5) is 5.69 Å². The molecule has 0 aliphatic rings. The molecule has 0 heterocycles. The fraction of sp³-hybridized carbons (Fsp3) is 0.556. The third-order valence-corrected chi connectivity index (χ3v) is 3.61. The Morgan fingerprint density at radius 1 is 1.22 bits per heavy atom. The van der Waals surface area contributed by atoms with Gasteiger partial charge in [-0.3, -0.25) is 10.1 Å². The van der Waals surface area contributed by atoms with Gasteiger partial charge in [0.2, 0.25) is 0 Å². The summed E-state index contributed by atoms with van der Waals surface area (Å²) < 4.78 is 5.88. The molecular formula is C18H24ClNO3. The lowest BCUT2D eigenvalue weighted by atomic mass is 10.1. The topological polar surface area (TPSA) is 52.4 Å². The molecule has 1 aromatic rings. The van der Waals surface area contributed by atoms with E-state index < -0.39 is 4.92 Å². The number of nitro benzene ring substituents is 1. The maximum Gasteiger partial charge on any atom is 0.269 e. The number of ether oxygens (including phenoxy) is 1. The average molecular weight is 338 g/mol. The summed E-state index contributed by atoms with van der Waals surface area (Å²) >= 11 is 5.65. The van der Waals surface area contributed by atoms with Gasteiger partial charge < -0.3 is 4.74 Å². The van der Waals surface area contributed by atoms with E-state index >= 15 is 0 Å². The van der Waals surface area contributed by atoms with Crippen LogP contribution in [0.1, 0.15) is 51.9 Å². The Labute approximate surface area is 143 Å². The molecule has 1 unspecified atom stereocenters. The molecule has 4 nitrogen and oxygen atoms in total. The molecule has 126 valence electrons. The second kappa shape index (κ2) is 11.8. The third kappa shape index (κ3) is 8.47. The zero-order valence-corrected chi connectivity index (χ0v) is 14.3. The number of nitrogens with zero attached hydrogens (tertiary/aromatic N) is 1. The zero-order chi connectivity index (χ0) is 16.9. The molecule has 0 spiro atoms. The molecule has 0 aliphatic heterocycles. The summed E-state index contributed by atoms with van der Waals surface area (Å²) in [6.07, 6.45) is 6.84. The Morgan fingerprint density at radius 2 is 1.96 bits per heavy atom. The van der Waals surface area contributed by atoms with Crippen molar-refractivity contribution in [2.24, 2.45) is 0 Å². The highest BCUT2D eigenvalue weighted by Gasteiger charge is 2.09. The minimum Gasteiger partial charge on any atom is -0.478 e. The molecule has 0 saturated carbocycles. The Balaban J connectivity index is 2.61. The molecule has 0 saturated heterocycles. The van der Waals surface area contributed by atoms with E-state index in [-0.39, 0.29) is 11.8 Å². The van der Waals surface area contributed by atoms with Crippen molar-refractivity contribution in [3.63, 3.8) is 0 Å². The Bertz CT molecular complexity index is 519. The molecule has 0 aromatic heterocycles. The summed E-state index contributed by atoms with van der Waals surface area (Å²) in [7, 11) is 0. The van der Waals surface area contributed by atoms with Crippen molar-refractivity contribution in [2.75, 3.05) is 5.88 Å². The predicted molar refractivity (Wildman–Crippen MR) is 94.0 cm³/mol. The van der Waals surface area contributed by atoms with Gasteiger partial charge in [-0.25, -0.2) is 0 Å². The molecule has 23 heavy (non-hydrogen) atoms. The molecule has 5 heteroatoms. The van der Waals surface area contributed by atoms with Crippen LogP contribution >= 0.6 is 11.6 Å². The molecule has 0 radical (unpaired) electrons. The SMILES string of the molecule is CCCCCC(C#CCCCCCl)Oc1ccc([N+](=O)[O-])cc1. The van der Waals surface area contributed by atoms with Crippen molar-refractivity contribution in [2.45, 2.75) is 58.0 Å². The number of rotatable bonds is 10. The van der Waals surface area contributed by atoms with Crippen molar-refractivity contribution in [3.8, 4) is 17.6 Å². The number of alkyl halides is 1. The monoisotopic (exact) mass is 337 g/mol. The molecule has 0 fully saturated rings. The van der Waals surface area contributed by atoms with Crippen molar-refractivity contribution in [1.82, 2.24) is 0 Å². The van der Waals surface area contributed by atoms with E-state index in [2.05, 4.69) is 18.8 Å². The minimum atomic E-state index is -0.417. The normalized spacial score (nSPS) is 11.4. The minimum absolute atomic E-state index is 0.0621. The van der Waals surface area contributed by atoms with Gasteiger partial charge in [-0.2, -0.15) is 0 Å². The van der Waals surface area contributed by atoms with Crippen LogP contribution in [0, 0.1) is 22.0 Å². The van der Waals surface area contributed by atoms with Gasteiger partial charge in [0.25, 0.3) is 5.69 Å². The summed E-state index contributed by atoms with van der Waals surface area (Å²) in [4.78, 5) is 10.3. The summed E-state index contributed by atoms with van der Waals surface area (Å²) in [5.74, 6) is 7.61. The van der Waals surface area contributed by atoms with Crippen molar-refractivity contribution < 1.29 is 9.66 Å². The fourth-order valence-electron chi connectivity index (χ4n) is 2.04. The first kappa shape index (κ1) is 19.3. The van der Waals surface area contributed by atoms with E-state index in [1.54, 1.807) is 12.1 Å². The molecular weight excluding hydrogens is 314 g/mol. The van der Waals surface area contributed by atoms with E-state index in [0.29, 0.717) is 11.6 Å². The van der Waals surface area contributed by atoms with Crippen LogP contribution in [0.2, 0.25) is 0 Å². The molecule has 0 N–H and O–H groups in total. The van der Waals surface area contributed by atoms with Crippen molar-refractivity contribution in [1.29, 1.82) is 0 Å². The highest BCUT2D eigenvalue weighted by atomic mass is 35.5. The molecule has 1 aromatic carbocycles. The van der Waals surface area contributed by atoms with E-state index in [9.17, 15) is 10.1 Å². The second-order valence-electron chi connectivity index (χ2n) is 5.32. The first-order valence-electron chi connectivity index (χ1n) is 8.12. The lowest BCUT2D eigenvalue weighted by molar-refractivity contribution is -0.384. The lowest BCUT2D eigenvalue weighted by Crippen LogP contribution is -2.14. The number of hydrogen-bond acceptors (Lipinski definition) is 3. The van der Waals surface area contributed by atoms with Crippen LogP contribution < -0.4 is 4.74 Å². The number of unbranched alkanes of at least 4 members (excludes halogenated alkanes) is 4. The quantitative estimate of drug-likeness (QED) is 0.190. The van der Waals surface area contributed by atoms with Crippen LogP contribution in [0.5, 0.6) is 5.75 Å². The van der Waals surface area contributed by atoms with E-state index in [1.807, 2.05) is 0 Å². The standard InChI is InChI=1S/C18H24ClNO3/c1-2-3-6-9-17(10-7-4-5-8-15-19)23-18-13-11-16(12-14-18)20(21)22/h11-14,17H,2-6,8-9,15H2,1H3. The highest BCUT2D eigenvalue weighted by Crippen LogP contribution is 2.19. The average Bonchev–Trinajstić information content (AvgIpc) is 2.55. The van der Waals surface area contributed by atoms with E-state index in [1.165, 1.54) is 12.1 Å². The molecule has 0 aliphatic carbocycles. The van der Waals surface area contributed by atoms with Crippen LogP contribution in [0.25, 0.3) is 0 Å². The molecule has 0 bridgehead atoms. The Hall–Kier alpha value is -1.73. The zero-order valence-electron chi connectivity index (χ0n) is 13.6. The number of non-ortho nitro benzene ring substituents is 1. The van der Waals surface area contributed by atoms with Gasteiger partial charge in [0.05, 0.1) is 4.92 Å². The Kier molecular flexibility index (Phi) is 9.90. The number of nitro groups is 1. The van der Waals surface area contributed by atoms with Gasteiger partial charge in [0.15, 0.2) is 6.10 Å². The largest absolute Gasteiger partial charge is 0.478 e. The molecule has 1 rings (SSSR count). The highest BCUT2D eigenvalue weighted by molar-refractivity contribution is 6.17.